The van der Waals surface area contributed by atoms with Crippen LogP contribution in [0.4, 0.5) is 0 Å². The summed E-state index contributed by atoms with van der Waals surface area (Å²) in [6.07, 6.45) is 17.7. The zero-order chi connectivity index (χ0) is 59.6. The molecule has 0 aliphatic carbocycles. The number of rotatable bonds is 41. The maximum atomic E-state index is 13.1. The van der Waals surface area contributed by atoms with Crippen molar-refractivity contribution in [2.24, 2.45) is 23.4 Å². The third-order valence-electron chi connectivity index (χ3n) is 11.6. The average molecular weight is 1250 g/mol. The first-order valence-electron chi connectivity index (χ1n) is 25.8. The standard InChI is InChI=1S/C54H80Cl4N10O11S2/c1-8-50(32-42(3)45-10-11-46(57)34-47(58)13-17-65(6)35-45)80(69,70)61-15-20-73-25-29-78-31-27-76-23-19-68-37-49(63-64-68)41-79-40-48(59)36-67(60)18-22-75-26-30-77-28-24-74-21-16-62-81(71,72)51(9-2)33-43(4)53-38-66(7)39-54(44(5)56)52(53)12-14-55/h8-14,32-34,36-37,45,53,61-62H,1-5,15-31,35,38-41,59-60H2,6-7H3/b11-10+,14-12+,46-34+,47-13-,48-36-,50-32+,51-33+. The number of aromatic nitrogens is 3. The lowest BCUT2D eigenvalue weighted by Gasteiger charge is -2.34. The Kier molecular flexibility index (Phi) is 34.7. The number of halogens is 4. The maximum Gasteiger partial charge on any atom is 0.240 e. The topological polar surface area (TPSA) is 249 Å². The molecule has 0 amide bonds. The Morgan fingerprint density at radius 3 is 1.91 bits per heavy atom. The van der Waals surface area contributed by atoms with Gasteiger partial charge in [0, 0.05) is 77.9 Å². The molecule has 0 saturated carbocycles. The zero-order valence-electron chi connectivity index (χ0n) is 46.3. The molecule has 1 aromatic rings. The van der Waals surface area contributed by atoms with Crippen molar-refractivity contribution >= 4 is 66.5 Å². The second-order valence-corrected chi connectivity index (χ2v) is 23.3. The number of likely N-dealkylation sites (N-methyl/N-ethyl adjacent to an activating group) is 2. The number of hydrogen-bond acceptors (Lipinski definition) is 18. The summed E-state index contributed by atoms with van der Waals surface area (Å²) in [5.74, 6) is 5.56. The first-order chi connectivity index (χ1) is 38.7. The van der Waals surface area contributed by atoms with E-state index in [0.717, 1.165) is 11.1 Å². The van der Waals surface area contributed by atoms with Crippen LogP contribution in [0.15, 0.2) is 158 Å². The molecule has 27 heteroatoms. The fourth-order valence-corrected chi connectivity index (χ4v) is 10.4. The van der Waals surface area contributed by atoms with Crippen LogP contribution in [0.2, 0.25) is 0 Å². The van der Waals surface area contributed by atoms with Gasteiger partial charge in [-0.05, 0) is 78.9 Å². The Balaban J connectivity index is 1.17. The van der Waals surface area contributed by atoms with E-state index in [0.29, 0.717) is 123 Å². The van der Waals surface area contributed by atoms with Gasteiger partial charge in [-0.25, -0.2) is 36.8 Å². The molecule has 0 saturated heterocycles. The SMILES string of the molecule is C=C/C(=C\C(=C)C1CN(C)CC(C(=C)Cl)=C1/C=C/Cl)S(=O)(=O)NCCOCCOCCOCCN(N)/C=C(\N)COCc1cn(CCOCCOCCOCCNS(=O)(=O)/C(C=C)=C/C(=C)C2/C=C/C(Cl)=C\C(Cl)=C\CN(C)C2)nn1. The van der Waals surface area contributed by atoms with Crippen molar-refractivity contribution < 1.29 is 50.0 Å². The minimum absolute atomic E-state index is 0.00648. The zero-order valence-corrected chi connectivity index (χ0v) is 51.0. The summed E-state index contributed by atoms with van der Waals surface area (Å²) >= 11 is 24.7. The Labute approximate surface area is 499 Å². The molecule has 0 fully saturated rings. The molecule has 3 heterocycles. The van der Waals surface area contributed by atoms with Crippen molar-refractivity contribution in [2.45, 2.75) is 13.2 Å². The van der Waals surface area contributed by atoms with Crippen LogP contribution in [-0.2, 0) is 66.4 Å². The summed E-state index contributed by atoms with van der Waals surface area (Å²) in [5.41, 5.74) is 11.3. The molecule has 0 bridgehead atoms. The predicted molar refractivity (Wildman–Crippen MR) is 322 cm³/mol. The largest absolute Gasteiger partial charge is 0.399 e. The van der Waals surface area contributed by atoms with Gasteiger partial charge in [0.05, 0.1) is 127 Å². The number of nitrogens with one attached hydrogen (secondary N) is 2. The number of ether oxygens (including phenoxy) is 7. The van der Waals surface area contributed by atoms with Crippen LogP contribution in [0.3, 0.4) is 0 Å². The molecule has 6 N–H and O–H groups in total. The van der Waals surface area contributed by atoms with Gasteiger partial charge in [0.1, 0.15) is 5.69 Å². The second kappa shape index (κ2) is 39.5. The molecular weight excluding hydrogens is 1170 g/mol. The van der Waals surface area contributed by atoms with E-state index in [1.54, 1.807) is 35.3 Å². The molecule has 2 aliphatic heterocycles. The molecule has 3 rings (SSSR count). The van der Waals surface area contributed by atoms with Crippen LogP contribution in [0.1, 0.15) is 5.69 Å². The number of sulfonamides is 2. The molecule has 2 aliphatic rings. The van der Waals surface area contributed by atoms with E-state index in [4.69, 9.17) is 91.1 Å². The van der Waals surface area contributed by atoms with E-state index in [2.05, 4.69) is 52.7 Å². The quantitative estimate of drug-likeness (QED) is 0.0266. The minimum atomic E-state index is -3.90. The van der Waals surface area contributed by atoms with Crippen LogP contribution in [-0.4, -0.2) is 192 Å². The van der Waals surface area contributed by atoms with E-state index in [9.17, 15) is 16.8 Å². The monoisotopic (exact) mass is 1250 g/mol. The van der Waals surface area contributed by atoms with Gasteiger partial charge >= 0.3 is 0 Å². The van der Waals surface area contributed by atoms with Gasteiger partial charge in [-0.1, -0.05) is 96.7 Å². The van der Waals surface area contributed by atoms with Crippen molar-refractivity contribution in [1.82, 2.24) is 39.2 Å². The molecule has 21 nitrogen and oxygen atoms in total. The van der Waals surface area contributed by atoms with Crippen LogP contribution >= 0.6 is 46.4 Å². The summed E-state index contributed by atoms with van der Waals surface area (Å²) in [6, 6.07) is 0. The molecule has 2 atom stereocenters. The third kappa shape index (κ3) is 28.9. The van der Waals surface area contributed by atoms with E-state index >= 15 is 0 Å². The molecular formula is C54H80Cl4N10O11S2. The molecule has 81 heavy (non-hydrogen) atoms. The fraction of sp³-hybridized carbons (Fsp3) is 0.481. The fourth-order valence-electron chi connectivity index (χ4n) is 7.53. The summed E-state index contributed by atoms with van der Waals surface area (Å²) in [4.78, 5) is 4.06. The van der Waals surface area contributed by atoms with Crippen LogP contribution in [0, 0.1) is 11.8 Å². The Bertz CT molecular complexity index is 2690. The highest BCUT2D eigenvalue weighted by Crippen LogP contribution is 2.34. The van der Waals surface area contributed by atoms with Gasteiger partial charge < -0.3 is 53.7 Å². The highest BCUT2D eigenvalue weighted by atomic mass is 35.5. The van der Waals surface area contributed by atoms with Gasteiger partial charge in [-0.15, -0.1) is 5.10 Å². The predicted octanol–water partition coefficient (Wildman–Crippen LogP) is 5.69. The molecule has 0 aromatic carbocycles. The average Bonchev–Trinajstić information content (AvgIpc) is 3.89. The summed E-state index contributed by atoms with van der Waals surface area (Å²) in [7, 11) is -3.91. The maximum absolute atomic E-state index is 13.1. The van der Waals surface area contributed by atoms with Crippen molar-refractivity contribution in [3.63, 3.8) is 0 Å². The molecule has 0 spiro atoms. The van der Waals surface area contributed by atoms with Gasteiger partial charge in [0.25, 0.3) is 0 Å². The summed E-state index contributed by atoms with van der Waals surface area (Å²) in [6.45, 7) is 26.5. The van der Waals surface area contributed by atoms with Crippen LogP contribution < -0.4 is 21.0 Å². The number of allylic oxidation sites excluding steroid dienone is 9. The summed E-state index contributed by atoms with van der Waals surface area (Å²) in [5, 5.41) is 11.0. The van der Waals surface area contributed by atoms with Crippen molar-refractivity contribution in [2.75, 3.05) is 146 Å². The second-order valence-electron chi connectivity index (χ2n) is 18.2. The molecule has 1 aromatic heterocycles. The molecule has 2 unspecified atom stereocenters. The van der Waals surface area contributed by atoms with Gasteiger partial charge in [-0.3, -0.25) is 0 Å². The number of hydrogen-bond donors (Lipinski definition) is 4. The lowest BCUT2D eigenvalue weighted by atomic mass is 9.84. The molecule has 0 radical (unpaired) electrons. The van der Waals surface area contributed by atoms with Gasteiger partial charge in [-0.2, -0.15) is 0 Å². The molecule has 452 valence electrons. The first-order valence-corrected chi connectivity index (χ1v) is 30.3. The van der Waals surface area contributed by atoms with E-state index in [-0.39, 0.29) is 81.0 Å². The van der Waals surface area contributed by atoms with Crippen LogP contribution in [0.5, 0.6) is 0 Å². The van der Waals surface area contributed by atoms with Crippen LogP contribution in [0.25, 0.3) is 0 Å². The van der Waals surface area contributed by atoms with E-state index < -0.39 is 20.0 Å². The van der Waals surface area contributed by atoms with Crippen molar-refractivity contribution in [3.05, 3.63) is 164 Å². The third-order valence-corrected chi connectivity index (χ3v) is 15.5. The lowest BCUT2D eigenvalue weighted by Crippen LogP contribution is -2.35. The highest BCUT2D eigenvalue weighted by Gasteiger charge is 2.28. The smallest absolute Gasteiger partial charge is 0.240 e. The Morgan fingerprint density at radius 1 is 0.790 bits per heavy atom. The van der Waals surface area contributed by atoms with Gasteiger partial charge in [0.15, 0.2) is 0 Å². The lowest BCUT2D eigenvalue weighted by molar-refractivity contribution is 0.0132. The minimum Gasteiger partial charge on any atom is -0.399 e. The number of nitrogens with zero attached hydrogens (tertiary/aromatic N) is 6. The first kappa shape index (κ1) is 71.2. The van der Waals surface area contributed by atoms with E-state index in [1.807, 2.05) is 36.0 Å². The number of nitrogens with two attached hydrogens (primary N) is 2. The van der Waals surface area contributed by atoms with Crippen molar-refractivity contribution in [1.29, 1.82) is 0 Å². The highest BCUT2D eigenvalue weighted by molar-refractivity contribution is 7.93. The Morgan fingerprint density at radius 2 is 1.35 bits per heavy atom. The van der Waals surface area contributed by atoms with E-state index in [1.165, 1.54) is 34.8 Å². The number of hydrazine groups is 1. The Hall–Kier alpha value is -4.06. The van der Waals surface area contributed by atoms with Gasteiger partial charge in [0.2, 0.25) is 20.0 Å². The summed E-state index contributed by atoms with van der Waals surface area (Å²) < 4.78 is 98.0. The normalized spacial score (nSPS) is 19.3. The van der Waals surface area contributed by atoms with Crippen molar-refractivity contribution in [3.8, 4) is 0 Å².